The zero-order chi connectivity index (χ0) is 26.3. The molecular weight excluding hydrogens is 470 g/mol. The first kappa shape index (κ1) is 24.7. The molecule has 1 aliphatic rings. The molecule has 0 fully saturated rings. The maximum atomic E-state index is 2.41. The van der Waals surface area contributed by atoms with E-state index < -0.39 is 0 Å². The summed E-state index contributed by atoms with van der Waals surface area (Å²) in [5, 5.41) is 0. The van der Waals surface area contributed by atoms with Gasteiger partial charge in [-0.3, -0.25) is 0 Å². The second-order valence-corrected chi connectivity index (χ2v) is 10.1. The van der Waals surface area contributed by atoms with Crippen LogP contribution in [0.15, 0.2) is 157 Å². The molecule has 0 saturated heterocycles. The molecule has 0 radical (unpaired) electrons. The molecule has 0 spiro atoms. The van der Waals surface area contributed by atoms with Gasteiger partial charge in [-0.25, -0.2) is 0 Å². The molecule has 0 atom stereocenters. The standard InChI is InChI=1S/C38H33N/c1-5-16-30(17-6-1)28-32-20-13-14-26-36(32)38-33(29-31-18-7-2-8-19-31)21-15-27-37(38)39(34-22-9-3-10-23-34)35-24-11-4-12-25-35/h1,3-7,9-27H,2,8,28-29H2. The molecule has 1 heteroatoms. The van der Waals surface area contributed by atoms with Gasteiger partial charge in [0.2, 0.25) is 0 Å². The van der Waals surface area contributed by atoms with E-state index >= 15 is 0 Å². The SMILES string of the molecule is C1=CC(Cc2cccc(N(c3ccccc3)c3ccccc3)c2-c2ccccc2Cc2ccccc2)=CCC1. The molecule has 0 N–H and O–H groups in total. The second kappa shape index (κ2) is 11.8. The van der Waals surface area contributed by atoms with Crippen molar-refractivity contribution in [3.63, 3.8) is 0 Å². The van der Waals surface area contributed by atoms with E-state index in [0.717, 1.165) is 37.1 Å². The minimum absolute atomic E-state index is 0.893. The third-order valence-electron chi connectivity index (χ3n) is 7.39. The number of rotatable bonds is 8. The number of benzene rings is 5. The summed E-state index contributed by atoms with van der Waals surface area (Å²) in [6.45, 7) is 0. The highest BCUT2D eigenvalue weighted by Crippen LogP contribution is 2.44. The van der Waals surface area contributed by atoms with E-state index in [9.17, 15) is 0 Å². The summed E-state index contributed by atoms with van der Waals surface area (Å²) in [5.74, 6) is 0. The number of anilines is 3. The van der Waals surface area contributed by atoms with E-state index in [1.54, 1.807) is 0 Å². The molecule has 0 saturated carbocycles. The summed E-state index contributed by atoms with van der Waals surface area (Å²) < 4.78 is 0. The summed E-state index contributed by atoms with van der Waals surface area (Å²) >= 11 is 0. The molecule has 1 nitrogen and oxygen atoms in total. The van der Waals surface area contributed by atoms with Gasteiger partial charge in [0.05, 0.1) is 5.69 Å². The largest absolute Gasteiger partial charge is 0.310 e. The van der Waals surface area contributed by atoms with Crippen LogP contribution in [0.3, 0.4) is 0 Å². The van der Waals surface area contributed by atoms with Gasteiger partial charge in [-0.2, -0.15) is 0 Å². The summed E-state index contributed by atoms with van der Waals surface area (Å²) in [6.07, 6.45) is 11.1. The molecule has 39 heavy (non-hydrogen) atoms. The molecule has 5 aromatic carbocycles. The van der Waals surface area contributed by atoms with Gasteiger partial charge in [0, 0.05) is 16.9 Å². The summed E-state index contributed by atoms with van der Waals surface area (Å²) in [6, 6.07) is 48.0. The van der Waals surface area contributed by atoms with Gasteiger partial charge in [-0.15, -0.1) is 0 Å². The van der Waals surface area contributed by atoms with Gasteiger partial charge >= 0.3 is 0 Å². The van der Waals surface area contributed by atoms with Gasteiger partial charge in [0.1, 0.15) is 0 Å². The Kier molecular flexibility index (Phi) is 7.50. The van der Waals surface area contributed by atoms with Crippen LogP contribution in [0.4, 0.5) is 17.1 Å². The number of hydrogen-bond acceptors (Lipinski definition) is 1. The van der Waals surface area contributed by atoms with Crippen LogP contribution in [-0.2, 0) is 12.8 Å². The maximum absolute atomic E-state index is 2.41. The third-order valence-corrected chi connectivity index (χ3v) is 7.39. The zero-order valence-corrected chi connectivity index (χ0v) is 22.2. The Bertz CT molecular complexity index is 1540. The lowest BCUT2D eigenvalue weighted by Crippen LogP contribution is -2.12. The van der Waals surface area contributed by atoms with E-state index in [-0.39, 0.29) is 0 Å². The number of nitrogens with zero attached hydrogens (tertiary/aromatic N) is 1. The van der Waals surface area contributed by atoms with Crippen molar-refractivity contribution >= 4 is 17.1 Å². The third kappa shape index (κ3) is 5.63. The molecule has 0 aromatic heterocycles. The highest BCUT2D eigenvalue weighted by atomic mass is 15.1. The molecule has 0 unspecified atom stereocenters. The first-order chi connectivity index (χ1) is 19.4. The Morgan fingerprint density at radius 2 is 1.13 bits per heavy atom. The summed E-state index contributed by atoms with van der Waals surface area (Å²) in [7, 11) is 0. The van der Waals surface area contributed by atoms with E-state index in [1.807, 2.05) is 0 Å². The average molecular weight is 504 g/mol. The lowest BCUT2D eigenvalue weighted by atomic mass is 9.87. The van der Waals surface area contributed by atoms with Gasteiger partial charge in [-0.05, 0) is 83.8 Å². The van der Waals surface area contributed by atoms with E-state index in [1.165, 1.54) is 39.1 Å². The Hall–Kier alpha value is -4.62. The van der Waals surface area contributed by atoms with Crippen LogP contribution < -0.4 is 4.90 Å². The molecule has 190 valence electrons. The predicted octanol–water partition coefficient (Wildman–Crippen LogP) is 10.2. The number of hydrogen-bond donors (Lipinski definition) is 0. The molecule has 6 rings (SSSR count). The van der Waals surface area contributed by atoms with E-state index in [4.69, 9.17) is 0 Å². The van der Waals surface area contributed by atoms with Crippen LogP contribution in [0.2, 0.25) is 0 Å². The fourth-order valence-electron chi connectivity index (χ4n) is 5.57. The van der Waals surface area contributed by atoms with E-state index in [2.05, 4.69) is 157 Å². The quantitative estimate of drug-likeness (QED) is 0.204. The summed E-state index contributed by atoms with van der Waals surface area (Å²) in [4.78, 5) is 2.41. The van der Waals surface area contributed by atoms with Crippen LogP contribution in [0.5, 0.6) is 0 Å². The summed E-state index contributed by atoms with van der Waals surface area (Å²) in [5.41, 5.74) is 11.5. The van der Waals surface area contributed by atoms with Crippen molar-refractivity contribution in [2.24, 2.45) is 0 Å². The molecule has 0 heterocycles. The Morgan fingerprint density at radius 1 is 0.513 bits per heavy atom. The fourth-order valence-corrected chi connectivity index (χ4v) is 5.57. The van der Waals surface area contributed by atoms with Crippen LogP contribution in [0.25, 0.3) is 11.1 Å². The number of para-hydroxylation sites is 2. The first-order valence-corrected chi connectivity index (χ1v) is 13.9. The normalized spacial score (nSPS) is 12.7. The monoisotopic (exact) mass is 503 g/mol. The highest BCUT2D eigenvalue weighted by Gasteiger charge is 2.21. The zero-order valence-electron chi connectivity index (χ0n) is 22.2. The fraction of sp³-hybridized carbons (Fsp3) is 0.105. The van der Waals surface area contributed by atoms with Gasteiger partial charge in [-0.1, -0.05) is 121 Å². The van der Waals surface area contributed by atoms with Crippen molar-refractivity contribution in [3.8, 4) is 11.1 Å². The van der Waals surface area contributed by atoms with Gasteiger partial charge < -0.3 is 4.90 Å². The van der Waals surface area contributed by atoms with Crippen molar-refractivity contribution in [2.75, 3.05) is 4.90 Å². The lowest BCUT2D eigenvalue weighted by Gasteiger charge is -2.30. The van der Waals surface area contributed by atoms with Crippen molar-refractivity contribution in [1.82, 2.24) is 0 Å². The highest BCUT2D eigenvalue weighted by molar-refractivity contribution is 5.91. The minimum atomic E-state index is 0.893. The molecule has 0 bridgehead atoms. The minimum Gasteiger partial charge on any atom is -0.310 e. The smallest absolute Gasteiger partial charge is 0.0543 e. The first-order valence-electron chi connectivity index (χ1n) is 13.9. The Morgan fingerprint density at radius 3 is 1.79 bits per heavy atom. The van der Waals surface area contributed by atoms with Crippen LogP contribution in [0.1, 0.15) is 29.5 Å². The number of allylic oxidation sites excluding steroid dienone is 4. The second-order valence-electron chi connectivity index (χ2n) is 10.1. The molecule has 1 aliphatic carbocycles. The molecule has 0 aliphatic heterocycles. The van der Waals surface area contributed by atoms with Gasteiger partial charge in [0.25, 0.3) is 0 Å². The maximum Gasteiger partial charge on any atom is 0.0543 e. The van der Waals surface area contributed by atoms with Crippen molar-refractivity contribution in [3.05, 3.63) is 174 Å². The van der Waals surface area contributed by atoms with E-state index in [0.29, 0.717) is 0 Å². The van der Waals surface area contributed by atoms with Crippen molar-refractivity contribution < 1.29 is 0 Å². The molecular formula is C38H33N. The lowest BCUT2D eigenvalue weighted by molar-refractivity contribution is 0.994. The van der Waals surface area contributed by atoms with Gasteiger partial charge in [0.15, 0.2) is 0 Å². The average Bonchev–Trinajstić information content (AvgIpc) is 3.00. The van der Waals surface area contributed by atoms with Crippen LogP contribution in [0, 0.1) is 0 Å². The van der Waals surface area contributed by atoms with Crippen LogP contribution in [-0.4, -0.2) is 0 Å². The van der Waals surface area contributed by atoms with Crippen molar-refractivity contribution in [2.45, 2.75) is 25.7 Å². The van der Waals surface area contributed by atoms with Crippen molar-refractivity contribution in [1.29, 1.82) is 0 Å². The molecule has 0 amide bonds. The van der Waals surface area contributed by atoms with Crippen LogP contribution >= 0.6 is 0 Å². The Labute approximate surface area is 232 Å². The molecule has 5 aromatic rings. The Balaban J connectivity index is 1.58. The topological polar surface area (TPSA) is 3.24 Å². The predicted molar refractivity (Wildman–Crippen MR) is 166 cm³/mol.